The highest BCUT2D eigenvalue weighted by Gasteiger charge is 2.32. The van der Waals surface area contributed by atoms with Gasteiger partial charge in [-0.3, -0.25) is 9.59 Å². The summed E-state index contributed by atoms with van der Waals surface area (Å²) in [5, 5.41) is 2.97. The first kappa shape index (κ1) is 8.53. The van der Waals surface area contributed by atoms with Crippen LogP contribution in [0.15, 0.2) is 0 Å². The van der Waals surface area contributed by atoms with Crippen LogP contribution in [-0.2, 0) is 9.59 Å². The first-order valence-corrected chi connectivity index (χ1v) is 4.79. The average molecular weight is 182 g/mol. The van der Waals surface area contributed by atoms with Gasteiger partial charge in [0.15, 0.2) is 0 Å². The van der Waals surface area contributed by atoms with Crippen LogP contribution in [0.1, 0.15) is 19.3 Å². The molecule has 72 valence electrons. The lowest BCUT2D eigenvalue weighted by atomic mass is 10.2. The van der Waals surface area contributed by atoms with Gasteiger partial charge in [0.25, 0.3) is 0 Å². The number of carbonyl (C=O) groups is 2. The van der Waals surface area contributed by atoms with Crippen molar-refractivity contribution in [2.24, 2.45) is 5.92 Å². The SMILES string of the molecule is O=CN1CCC(NC(=O)C2CC2)C1. The van der Waals surface area contributed by atoms with Crippen molar-refractivity contribution in [2.45, 2.75) is 25.3 Å². The molecule has 1 saturated heterocycles. The first-order chi connectivity index (χ1) is 6.29. The van der Waals surface area contributed by atoms with Gasteiger partial charge in [0.05, 0.1) is 0 Å². The zero-order valence-corrected chi connectivity index (χ0v) is 7.53. The van der Waals surface area contributed by atoms with E-state index in [0.29, 0.717) is 6.54 Å². The molecule has 1 atom stereocenters. The topological polar surface area (TPSA) is 49.4 Å². The summed E-state index contributed by atoms with van der Waals surface area (Å²) in [7, 11) is 0. The minimum atomic E-state index is 0.178. The van der Waals surface area contributed by atoms with E-state index in [9.17, 15) is 9.59 Å². The number of carbonyl (C=O) groups excluding carboxylic acids is 2. The molecule has 2 fully saturated rings. The van der Waals surface area contributed by atoms with Gasteiger partial charge < -0.3 is 10.2 Å². The molecule has 1 saturated carbocycles. The second-order valence-electron chi connectivity index (χ2n) is 3.87. The maximum atomic E-state index is 11.3. The molecule has 1 heterocycles. The Hall–Kier alpha value is -1.06. The smallest absolute Gasteiger partial charge is 0.223 e. The molecule has 0 radical (unpaired) electrons. The lowest BCUT2D eigenvalue weighted by Gasteiger charge is -2.12. The van der Waals surface area contributed by atoms with Gasteiger partial charge in [0, 0.05) is 25.0 Å². The van der Waals surface area contributed by atoms with Gasteiger partial charge in [-0.25, -0.2) is 0 Å². The molecule has 4 heteroatoms. The van der Waals surface area contributed by atoms with Crippen molar-refractivity contribution in [1.82, 2.24) is 10.2 Å². The molecule has 0 aromatic rings. The molecule has 0 aromatic carbocycles. The monoisotopic (exact) mass is 182 g/mol. The number of nitrogens with zero attached hydrogens (tertiary/aromatic N) is 1. The summed E-state index contributed by atoms with van der Waals surface area (Å²) >= 11 is 0. The van der Waals surface area contributed by atoms with Crippen LogP contribution in [0.3, 0.4) is 0 Å². The standard InChI is InChI=1S/C9H14N2O2/c12-6-11-4-3-8(5-11)10-9(13)7-1-2-7/h6-8H,1-5H2,(H,10,13). The Balaban J connectivity index is 1.76. The normalized spacial score (nSPS) is 27.4. The average Bonchev–Trinajstić information content (AvgIpc) is 2.88. The molecule has 4 nitrogen and oxygen atoms in total. The molecule has 2 rings (SSSR count). The summed E-state index contributed by atoms with van der Waals surface area (Å²) in [5.41, 5.74) is 0. The van der Waals surface area contributed by atoms with Crippen molar-refractivity contribution >= 4 is 12.3 Å². The quantitative estimate of drug-likeness (QED) is 0.611. The Morgan fingerprint density at radius 2 is 2.15 bits per heavy atom. The van der Waals surface area contributed by atoms with E-state index >= 15 is 0 Å². The largest absolute Gasteiger partial charge is 0.351 e. The second kappa shape index (κ2) is 3.36. The van der Waals surface area contributed by atoms with E-state index in [4.69, 9.17) is 0 Å². The van der Waals surface area contributed by atoms with Crippen molar-refractivity contribution < 1.29 is 9.59 Å². The van der Waals surface area contributed by atoms with Crippen molar-refractivity contribution in [1.29, 1.82) is 0 Å². The highest BCUT2D eigenvalue weighted by Crippen LogP contribution is 2.29. The number of amides is 2. The van der Waals surface area contributed by atoms with Crippen LogP contribution in [0.25, 0.3) is 0 Å². The lowest BCUT2D eigenvalue weighted by Crippen LogP contribution is -2.37. The van der Waals surface area contributed by atoms with Gasteiger partial charge in [-0.05, 0) is 19.3 Å². The third kappa shape index (κ3) is 1.99. The molecule has 1 unspecified atom stereocenters. The third-order valence-corrected chi connectivity index (χ3v) is 2.66. The van der Waals surface area contributed by atoms with Crippen LogP contribution in [0, 0.1) is 5.92 Å². The molecular formula is C9H14N2O2. The molecule has 1 aliphatic carbocycles. The summed E-state index contributed by atoms with van der Waals surface area (Å²) < 4.78 is 0. The summed E-state index contributed by atoms with van der Waals surface area (Å²) in [4.78, 5) is 23.4. The predicted molar refractivity (Wildman–Crippen MR) is 46.9 cm³/mol. The van der Waals surface area contributed by atoms with Crippen LogP contribution in [-0.4, -0.2) is 36.3 Å². The van der Waals surface area contributed by atoms with E-state index in [1.54, 1.807) is 4.90 Å². The number of hydrogen-bond donors (Lipinski definition) is 1. The van der Waals surface area contributed by atoms with Crippen LogP contribution in [0.2, 0.25) is 0 Å². The van der Waals surface area contributed by atoms with E-state index in [-0.39, 0.29) is 17.9 Å². The van der Waals surface area contributed by atoms with Gasteiger partial charge in [0.2, 0.25) is 12.3 Å². The molecule has 13 heavy (non-hydrogen) atoms. The van der Waals surface area contributed by atoms with Gasteiger partial charge >= 0.3 is 0 Å². The van der Waals surface area contributed by atoms with E-state index in [1.807, 2.05) is 0 Å². The molecule has 2 amide bonds. The maximum absolute atomic E-state index is 11.3. The minimum absolute atomic E-state index is 0.178. The van der Waals surface area contributed by atoms with Crippen molar-refractivity contribution in [3.8, 4) is 0 Å². The molecule has 2 aliphatic rings. The summed E-state index contributed by atoms with van der Waals surface area (Å²) in [6, 6.07) is 0.193. The van der Waals surface area contributed by atoms with E-state index in [2.05, 4.69) is 5.32 Å². The summed E-state index contributed by atoms with van der Waals surface area (Å²) in [6.07, 6.45) is 3.83. The van der Waals surface area contributed by atoms with Crippen LogP contribution < -0.4 is 5.32 Å². The Labute approximate surface area is 77.3 Å². The van der Waals surface area contributed by atoms with Crippen LogP contribution in [0.4, 0.5) is 0 Å². The third-order valence-electron chi connectivity index (χ3n) is 2.66. The number of likely N-dealkylation sites (tertiary alicyclic amines) is 1. The lowest BCUT2D eigenvalue weighted by molar-refractivity contribution is -0.123. The molecule has 0 aromatic heterocycles. The fraction of sp³-hybridized carbons (Fsp3) is 0.778. The van der Waals surface area contributed by atoms with Gasteiger partial charge in [-0.2, -0.15) is 0 Å². The Kier molecular flexibility index (Phi) is 2.20. The fourth-order valence-corrected chi connectivity index (χ4v) is 1.67. The predicted octanol–water partition coefficient (Wildman–Crippen LogP) is -0.257. The first-order valence-electron chi connectivity index (χ1n) is 4.79. The molecular weight excluding hydrogens is 168 g/mol. The molecule has 0 spiro atoms. The molecule has 1 N–H and O–H groups in total. The summed E-state index contributed by atoms with van der Waals surface area (Å²) in [6.45, 7) is 1.46. The second-order valence-corrected chi connectivity index (χ2v) is 3.87. The number of nitrogens with one attached hydrogen (secondary N) is 1. The zero-order valence-electron chi connectivity index (χ0n) is 7.53. The maximum Gasteiger partial charge on any atom is 0.223 e. The Bertz CT molecular complexity index is 226. The van der Waals surface area contributed by atoms with Crippen molar-refractivity contribution in [3.63, 3.8) is 0 Å². The number of hydrogen-bond acceptors (Lipinski definition) is 2. The van der Waals surface area contributed by atoms with Crippen molar-refractivity contribution in [3.05, 3.63) is 0 Å². The highest BCUT2D eigenvalue weighted by molar-refractivity contribution is 5.81. The number of rotatable bonds is 3. The van der Waals surface area contributed by atoms with Gasteiger partial charge in [-0.15, -0.1) is 0 Å². The van der Waals surface area contributed by atoms with E-state index in [0.717, 1.165) is 32.2 Å². The summed E-state index contributed by atoms with van der Waals surface area (Å²) in [5.74, 6) is 0.447. The van der Waals surface area contributed by atoms with Gasteiger partial charge in [-0.1, -0.05) is 0 Å². The van der Waals surface area contributed by atoms with Crippen molar-refractivity contribution in [2.75, 3.05) is 13.1 Å². The fourth-order valence-electron chi connectivity index (χ4n) is 1.67. The van der Waals surface area contributed by atoms with E-state index < -0.39 is 0 Å². The Morgan fingerprint density at radius 1 is 1.38 bits per heavy atom. The minimum Gasteiger partial charge on any atom is -0.351 e. The van der Waals surface area contributed by atoms with Crippen LogP contribution >= 0.6 is 0 Å². The van der Waals surface area contributed by atoms with Gasteiger partial charge in [0.1, 0.15) is 0 Å². The van der Waals surface area contributed by atoms with Crippen LogP contribution in [0.5, 0.6) is 0 Å². The Morgan fingerprint density at radius 3 is 2.69 bits per heavy atom. The van der Waals surface area contributed by atoms with E-state index in [1.165, 1.54) is 0 Å². The zero-order chi connectivity index (χ0) is 9.26. The molecule has 1 aliphatic heterocycles. The highest BCUT2D eigenvalue weighted by atomic mass is 16.2. The molecule has 0 bridgehead atoms.